The van der Waals surface area contributed by atoms with Gasteiger partial charge in [0.1, 0.15) is 18.0 Å². The molecule has 0 unspecified atom stereocenters. The van der Waals surface area contributed by atoms with E-state index >= 15 is 0 Å². The Morgan fingerprint density at radius 1 is 0.629 bits per heavy atom. The Bertz CT molecular complexity index is 820. The number of rotatable bonds is 19. The number of methoxy groups -OCH3 is 1. The van der Waals surface area contributed by atoms with Crippen LogP contribution in [0.3, 0.4) is 0 Å². The molecular weight excluding hydrogens is 438 g/mol. The van der Waals surface area contributed by atoms with Crippen LogP contribution in [0, 0.1) is 0 Å². The maximum Gasteiger partial charge on any atom is 0.119 e. The number of likely N-dealkylation sites (N-methyl/N-ethyl adjacent to an activating group) is 1. The van der Waals surface area contributed by atoms with Crippen LogP contribution >= 0.6 is 0 Å². The fraction of sp³-hybridized carbons (Fsp3) is 0.586. The van der Waals surface area contributed by atoms with E-state index in [-0.39, 0.29) is 6.61 Å². The van der Waals surface area contributed by atoms with Gasteiger partial charge >= 0.3 is 0 Å². The van der Waals surface area contributed by atoms with Crippen molar-refractivity contribution in [3.63, 3.8) is 0 Å². The number of aliphatic hydroxyl groups excluding tert-OH is 1. The predicted octanol–water partition coefficient (Wildman–Crippen LogP) is 7.46. The van der Waals surface area contributed by atoms with Crippen LogP contribution in [0.1, 0.15) is 64.2 Å². The number of benzene rings is 2. The Morgan fingerprint density at radius 2 is 1.09 bits per heavy atom. The minimum absolute atomic E-state index is 0.284. The molecule has 0 saturated heterocycles. The number of nitrogens with zero attached hydrogens (tertiary/aromatic N) is 3. The zero-order chi connectivity index (χ0) is 25.2. The van der Waals surface area contributed by atoms with Crippen LogP contribution in [-0.2, 0) is 0 Å². The second kappa shape index (κ2) is 17.1. The Kier molecular flexibility index (Phi) is 14.0. The summed E-state index contributed by atoms with van der Waals surface area (Å²) in [6.07, 6.45) is 12.9. The van der Waals surface area contributed by atoms with Gasteiger partial charge in [-0.25, -0.2) is 0 Å². The van der Waals surface area contributed by atoms with E-state index in [1.54, 1.807) is 7.11 Å². The summed E-state index contributed by atoms with van der Waals surface area (Å²) in [6, 6.07) is 15.3. The quantitative estimate of drug-likeness (QED) is 0.128. The van der Waals surface area contributed by atoms with E-state index < -0.39 is 0 Å². The lowest BCUT2D eigenvalue weighted by molar-refractivity contribution is -0.890. The molecule has 1 N–H and O–H groups in total. The standard InChI is InChI=1S/C29H46N3O3/c1-32(2,23-24-33)22-12-10-8-6-4-5-7-9-11-13-25-35-29-20-16-27(17-21-29)31-30-26-14-18-28(34-3)19-15-26/h14-21,33H,4-13,22-25H2,1-3H3/q+1. The summed E-state index contributed by atoms with van der Waals surface area (Å²) in [4.78, 5) is 0. The second-order valence-corrected chi connectivity index (χ2v) is 9.88. The molecule has 2 aromatic rings. The van der Waals surface area contributed by atoms with E-state index in [9.17, 15) is 0 Å². The molecule has 0 aliphatic heterocycles. The molecular formula is C29H46N3O3+. The van der Waals surface area contributed by atoms with Crippen molar-refractivity contribution in [3.8, 4) is 11.5 Å². The maximum atomic E-state index is 9.08. The third-order valence-corrected chi connectivity index (χ3v) is 6.32. The zero-order valence-corrected chi connectivity index (χ0v) is 22.1. The fourth-order valence-electron chi connectivity index (χ4n) is 4.00. The number of ether oxygens (including phenoxy) is 2. The van der Waals surface area contributed by atoms with Gasteiger partial charge in [-0.2, -0.15) is 10.2 Å². The molecule has 2 aromatic carbocycles. The minimum atomic E-state index is 0.284. The molecule has 0 bridgehead atoms. The highest BCUT2D eigenvalue weighted by Gasteiger charge is 2.12. The average Bonchev–Trinajstić information content (AvgIpc) is 2.86. The first-order chi connectivity index (χ1) is 17.0. The van der Waals surface area contributed by atoms with Gasteiger partial charge in [-0.1, -0.05) is 44.9 Å². The lowest BCUT2D eigenvalue weighted by atomic mass is 10.1. The number of unbranched alkanes of at least 4 members (excludes halogenated alkanes) is 9. The van der Waals surface area contributed by atoms with E-state index in [2.05, 4.69) is 24.3 Å². The van der Waals surface area contributed by atoms with Crippen LogP contribution in [0.15, 0.2) is 58.8 Å². The summed E-state index contributed by atoms with van der Waals surface area (Å²) in [6.45, 7) is 3.07. The Morgan fingerprint density at radius 3 is 1.57 bits per heavy atom. The van der Waals surface area contributed by atoms with Crippen molar-refractivity contribution in [2.24, 2.45) is 10.2 Å². The van der Waals surface area contributed by atoms with E-state index in [0.717, 1.165) is 46.9 Å². The van der Waals surface area contributed by atoms with Crippen LogP contribution in [0.2, 0.25) is 0 Å². The van der Waals surface area contributed by atoms with Crippen LogP contribution in [-0.4, -0.2) is 57.1 Å². The summed E-state index contributed by atoms with van der Waals surface area (Å²) in [5.41, 5.74) is 1.60. The first kappa shape index (κ1) is 28.8. The molecule has 0 heterocycles. The molecule has 194 valence electrons. The highest BCUT2D eigenvalue weighted by atomic mass is 16.5. The van der Waals surface area contributed by atoms with E-state index in [4.69, 9.17) is 14.6 Å². The first-order valence-corrected chi connectivity index (χ1v) is 13.2. The highest BCUT2D eigenvalue weighted by molar-refractivity contribution is 5.44. The fourth-order valence-corrected chi connectivity index (χ4v) is 4.00. The van der Waals surface area contributed by atoms with Gasteiger partial charge in [0.2, 0.25) is 0 Å². The molecule has 35 heavy (non-hydrogen) atoms. The van der Waals surface area contributed by atoms with Crippen molar-refractivity contribution in [1.82, 2.24) is 0 Å². The zero-order valence-electron chi connectivity index (χ0n) is 22.1. The van der Waals surface area contributed by atoms with E-state index in [0.29, 0.717) is 0 Å². The molecule has 0 aromatic heterocycles. The number of hydrogen-bond donors (Lipinski definition) is 1. The van der Waals surface area contributed by atoms with Crippen LogP contribution in [0.25, 0.3) is 0 Å². The molecule has 0 aliphatic carbocycles. The summed E-state index contributed by atoms with van der Waals surface area (Å²) < 4.78 is 12.0. The molecule has 0 amide bonds. The lowest BCUT2D eigenvalue weighted by Gasteiger charge is -2.28. The molecule has 0 fully saturated rings. The summed E-state index contributed by atoms with van der Waals surface area (Å²) in [7, 11) is 6.06. The van der Waals surface area contributed by atoms with Crippen molar-refractivity contribution in [2.45, 2.75) is 64.2 Å². The lowest BCUT2D eigenvalue weighted by Crippen LogP contribution is -2.42. The summed E-state index contributed by atoms with van der Waals surface area (Å²) in [5, 5.41) is 17.6. The van der Waals surface area contributed by atoms with Gasteiger partial charge in [0.25, 0.3) is 0 Å². The normalized spacial score (nSPS) is 11.8. The third kappa shape index (κ3) is 13.3. The van der Waals surface area contributed by atoms with Crippen molar-refractivity contribution >= 4 is 11.4 Å². The third-order valence-electron chi connectivity index (χ3n) is 6.32. The maximum absolute atomic E-state index is 9.08. The molecule has 0 radical (unpaired) electrons. The van der Waals surface area contributed by atoms with Gasteiger partial charge in [-0.05, 0) is 67.8 Å². The Labute approximate surface area is 212 Å². The first-order valence-electron chi connectivity index (χ1n) is 13.2. The number of quaternary nitrogens is 1. The molecule has 6 heteroatoms. The van der Waals surface area contributed by atoms with Gasteiger partial charge in [-0.15, -0.1) is 0 Å². The molecule has 0 aliphatic rings. The molecule has 0 saturated carbocycles. The number of hydrogen-bond acceptors (Lipinski definition) is 5. The number of azo groups is 1. The van der Waals surface area contributed by atoms with Gasteiger partial charge in [0.15, 0.2) is 0 Å². The Balaban J connectivity index is 1.45. The van der Waals surface area contributed by atoms with Crippen molar-refractivity contribution in [2.75, 3.05) is 47.5 Å². The topological polar surface area (TPSA) is 63.4 Å². The molecule has 0 atom stereocenters. The smallest absolute Gasteiger partial charge is 0.119 e. The SMILES string of the molecule is COc1ccc(N=Nc2ccc(OCCCCCCCCCCCC[N+](C)(C)CCO)cc2)cc1. The van der Waals surface area contributed by atoms with Crippen LogP contribution in [0.5, 0.6) is 11.5 Å². The highest BCUT2D eigenvalue weighted by Crippen LogP contribution is 2.23. The van der Waals surface area contributed by atoms with E-state index in [1.165, 1.54) is 64.3 Å². The second-order valence-electron chi connectivity index (χ2n) is 9.88. The number of aliphatic hydroxyl groups is 1. The summed E-state index contributed by atoms with van der Waals surface area (Å²) in [5.74, 6) is 1.69. The van der Waals surface area contributed by atoms with E-state index in [1.807, 2.05) is 48.5 Å². The van der Waals surface area contributed by atoms with Gasteiger partial charge in [-0.3, -0.25) is 0 Å². The van der Waals surface area contributed by atoms with Crippen molar-refractivity contribution in [1.29, 1.82) is 0 Å². The molecule has 2 rings (SSSR count). The van der Waals surface area contributed by atoms with Crippen molar-refractivity contribution < 1.29 is 19.1 Å². The van der Waals surface area contributed by atoms with Crippen LogP contribution in [0.4, 0.5) is 11.4 Å². The van der Waals surface area contributed by atoms with Gasteiger partial charge < -0.3 is 19.1 Å². The minimum Gasteiger partial charge on any atom is -0.497 e. The molecule has 0 spiro atoms. The average molecular weight is 485 g/mol. The monoisotopic (exact) mass is 484 g/mol. The largest absolute Gasteiger partial charge is 0.497 e. The van der Waals surface area contributed by atoms with Crippen LogP contribution < -0.4 is 9.47 Å². The summed E-state index contributed by atoms with van der Waals surface area (Å²) >= 11 is 0. The molecule has 6 nitrogen and oxygen atoms in total. The van der Waals surface area contributed by atoms with Crippen molar-refractivity contribution in [3.05, 3.63) is 48.5 Å². The predicted molar refractivity (Wildman–Crippen MR) is 144 cm³/mol. The van der Waals surface area contributed by atoms with Gasteiger partial charge in [0, 0.05) is 0 Å². The Hall–Kier alpha value is -2.44. The van der Waals surface area contributed by atoms with Gasteiger partial charge in [0.05, 0.1) is 52.3 Å².